The number of rotatable bonds is 2. The van der Waals surface area contributed by atoms with Crippen molar-refractivity contribution >= 4 is 17.6 Å². The number of hydrogen-bond donors (Lipinski definition) is 2. The number of amides is 1. The Morgan fingerprint density at radius 1 is 1.40 bits per heavy atom. The smallest absolute Gasteiger partial charge is 0.340 e. The van der Waals surface area contributed by atoms with E-state index < -0.39 is 23.3 Å². The van der Waals surface area contributed by atoms with Crippen LogP contribution < -0.4 is 5.32 Å². The number of anilines is 1. The largest absolute Gasteiger partial charge is 0.478 e. The van der Waals surface area contributed by atoms with Crippen molar-refractivity contribution in [1.29, 1.82) is 0 Å². The van der Waals surface area contributed by atoms with Crippen molar-refractivity contribution in [3.8, 4) is 0 Å². The summed E-state index contributed by atoms with van der Waals surface area (Å²) in [6, 6.07) is 2.52. The lowest BCUT2D eigenvalue weighted by molar-refractivity contribution is -0.114. The van der Waals surface area contributed by atoms with Crippen molar-refractivity contribution in [3.63, 3.8) is 0 Å². The van der Waals surface area contributed by atoms with Gasteiger partial charge in [0.2, 0.25) is 5.91 Å². The predicted molar refractivity (Wildman–Crippen MR) is 52.4 cm³/mol. The molecule has 0 bridgehead atoms. The van der Waals surface area contributed by atoms with Gasteiger partial charge in [0, 0.05) is 6.92 Å². The number of aromatic carboxylic acids is 1. The third-order valence-electron chi connectivity index (χ3n) is 1.76. The van der Waals surface area contributed by atoms with Crippen LogP contribution in [0.25, 0.3) is 0 Å². The maximum atomic E-state index is 13.3. The summed E-state index contributed by atoms with van der Waals surface area (Å²) < 4.78 is 13.3. The maximum absolute atomic E-state index is 13.3. The van der Waals surface area contributed by atoms with Gasteiger partial charge in [0.1, 0.15) is 11.4 Å². The van der Waals surface area contributed by atoms with E-state index >= 15 is 0 Å². The molecular formula is C10H10FNO3. The second-order valence-electron chi connectivity index (χ2n) is 3.16. The van der Waals surface area contributed by atoms with Gasteiger partial charge < -0.3 is 10.4 Å². The quantitative estimate of drug-likeness (QED) is 0.783. The highest BCUT2D eigenvalue weighted by Gasteiger charge is 2.17. The van der Waals surface area contributed by atoms with Crippen molar-refractivity contribution in [3.05, 3.63) is 29.1 Å². The Bertz CT molecular complexity index is 429. The van der Waals surface area contributed by atoms with Gasteiger partial charge in [-0.3, -0.25) is 4.79 Å². The number of carbonyl (C=O) groups is 2. The zero-order valence-electron chi connectivity index (χ0n) is 8.30. The van der Waals surface area contributed by atoms with Crippen molar-refractivity contribution in [1.82, 2.24) is 0 Å². The van der Waals surface area contributed by atoms with E-state index in [-0.39, 0.29) is 5.69 Å². The van der Waals surface area contributed by atoms with Crippen LogP contribution >= 0.6 is 0 Å². The van der Waals surface area contributed by atoms with Crippen molar-refractivity contribution in [2.24, 2.45) is 0 Å². The van der Waals surface area contributed by atoms with Gasteiger partial charge in [-0.15, -0.1) is 0 Å². The standard InChI is InChI=1S/C10H10FNO3/c1-5-3-7(11)9(10(14)15)8(4-5)12-6(2)13/h3-4H,1-2H3,(H,12,13)(H,14,15). The first-order valence-corrected chi connectivity index (χ1v) is 4.23. The molecule has 15 heavy (non-hydrogen) atoms. The van der Waals surface area contributed by atoms with Crippen LogP contribution in [0.3, 0.4) is 0 Å². The van der Waals surface area contributed by atoms with Gasteiger partial charge >= 0.3 is 5.97 Å². The Balaban J connectivity index is 3.33. The third-order valence-corrected chi connectivity index (χ3v) is 1.76. The Labute approximate surface area is 85.7 Å². The molecule has 0 aliphatic rings. The molecule has 1 amide bonds. The highest BCUT2D eigenvalue weighted by Crippen LogP contribution is 2.21. The first kappa shape index (κ1) is 11.2. The van der Waals surface area contributed by atoms with Gasteiger partial charge in [0.05, 0.1) is 5.69 Å². The highest BCUT2D eigenvalue weighted by atomic mass is 19.1. The molecule has 0 unspecified atom stereocenters. The molecule has 0 saturated heterocycles. The van der Waals surface area contributed by atoms with Gasteiger partial charge in [0.25, 0.3) is 0 Å². The van der Waals surface area contributed by atoms with E-state index in [9.17, 15) is 14.0 Å². The number of carboxylic acid groups (broad SMARTS) is 1. The lowest BCUT2D eigenvalue weighted by atomic mass is 10.1. The van der Waals surface area contributed by atoms with Crippen LogP contribution in [0.5, 0.6) is 0 Å². The molecule has 1 aromatic rings. The fourth-order valence-corrected chi connectivity index (χ4v) is 1.25. The van der Waals surface area contributed by atoms with Crippen LogP contribution in [0, 0.1) is 12.7 Å². The summed E-state index contributed by atoms with van der Waals surface area (Å²) in [7, 11) is 0. The van der Waals surface area contributed by atoms with Crippen LogP contribution in [0.4, 0.5) is 10.1 Å². The average molecular weight is 211 g/mol. The van der Waals surface area contributed by atoms with E-state index in [4.69, 9.17) is 5.11 Å². The molecule has 2 N–H and O–H groups in total. The van der Waals surface area contributed by atoms with Crippen LogP contribution in [0.1, 0.15) is 22.8 Å². The fraction of sp³-hybridized carbons (Fsp3) is 0.200. The summed E-state index contributed by atoms with van der Waals surface area (Å²) in [6.07, 6.45) is 0. The predicted octanol–water partition coefficient (Wildman–Crippen LogP) is 1.79. The molecular weight excluding hydrogens is 201 g/mol. The molecule has 80 valence electrons. The van der Waals surface area contributed by atoms with Gasteiger partial charge in [0.15, 0.2) is 0 Å². The van der Waals surface area contributed by atoms with E-state index in [0.717, 1.165) is 6.07 Å². The molecule has 5 heteroatoms. The zero-order valence-corrected chi connectivity index (χ0v) is 8.30. The Morgan fingerprint density at radius 2 is 2.00 bits per heavy atom. The molecule has 0 aliphatic carbocycles. The average Bonchev–Trinajstić information content (AvgIpc) is 1.99. The Morgan fingerprint density at radius 3 is 2.47 bits per heavy atom. The minimum Gasteiger partial charge on any atom is -0.478 e. The minimum absolute atomic E-state index is 0.0208. The van der Waals surface area contributed by atoms with Crippen LogP contribution in [0.2, 0.25) is 0 Å². The van der Waals surface area contributed by atoms with E-state index in [1.54, 1.807) is 6.92 Å². The Kier molecular flexibility index (Phi) is 3.04. The molecule has 1 rings (SSSR count). The summed E-state index contributed by atoms with van der Waals surface area (Å²) in [4.78, 5) is 21.5. The van der Waals surface area contributed by atoms with Gasteiger partial charge in [-0.2, -0.15) is 0 Å². The molecule has 1 aromatic carbocycles. The molecule has 0 saturated carbocycles. The molecule has 0 aromatic heterocycles. The number of benzene rings is 1. The normalized spacial score (nSPS) is 9.80. The molecule has 0 spiro atoms. The lowest BCUT2D eigenvalue weighted by Crippen LogP contribution is -2.12. The monoisotopic (exact) mass is 211 g/mol. The first-order valence-electron chi connectivity index (χ1n) is 4.23. The third kappa shape index (κ3) is 2.52. The summed E-state index contributed by atoms with van der Waals surface area (Å²) in [6.45, 7) is 2.84. The van der Waals surface area contributed by atoms with E-state index in [2.05, 4.69) is 5.32 Å². The number of carbonyl (C=O) groups excluding carboxylic acids is 1. The van der Waals surface area contributed by atoms with Crippen molar-refractivity contribution < 1.29 is 19.1 Å². The number of nitrogens with one attached hydrogen (secondary N) is 1. The second kappa shape index (κ2) is 4.08. The van der Waals surface area contributed by atoms with E-state index in [1.165, 1.54) is 13.0 Å². The number of hydrogen-bond acceptors (Lipinski definition) is 2. The number of carboxylic acids is 1. The number of halogens is 1. The molecule has 4 nitrogen and oxygen atoms in total. The first-order chi connectivity index (χ1) is 6.91. The topological polar surface area (TPSA) is 66.4 Å². The zero-order chi connectivity index (χ0) is 11.6. The maximum Gasteiger partial charge on any atom is 0.340 e. The van der Waals surface area contributed by atoms with E-state index in [0.29, 0.717) is 5.56 Å². The summed E-state index contributed by atoms with van der Waals surface area (Å²) in [5.74, 6) is -2.70. The Hall–Kier alpha value is -1.91. The van der Waals surface area contributed by atoms with Crippen LogP contribution in [0.15, 0.2) is 12.1 Å². The van der Waals surface area contributed by atoms with Crippen molar-refractivity contribution in [2.75, 3.05) is 5.32 Å². The highest BCUT2D eigenvalue weighted by molar-refractivity contribution is 6.00. The molecule has 0 fully saturated rings. The molecule has 0 atom stereocenters. The summed E-state index contributed by atoms with van der Waals surface area (Å²) in [5, 5.41) is 11.0. The molecule has 0 aliphatic heterocycles. The molecule has 0 heterocycles. The number of aryl methyl sites for hydroxylation is 1. The fourth-order valence-electron chi connectivity index (χ4n) is 1.25. The van der Waals surface area contributed by atoms with Gasteiger partial charge in [-0.25, -0.2) is 9.18 Å². The van der Waals surface area contributed by atoms with E-state index in [1.807, 2.05) is 0 Å². The van der Waals surface area contributed by atoms with Gasteiger partial charge in [-0.1, -0.05) is 0 Å². The summed E-state index contributed by atoms with van der Waals surface area (Å²) >= 11 is 0. The van der Waals surface area contributed by atoms with Crippen LogP contribution in [-0.2, 0) is 4.79 Å². The summed E-state index contributed by atoms with van der Waals surface area (Å²) in [5.41, 5.74) is 0.00421. The van der Waals surface area contributed by atoms with Gasteiger partial charge in [-0.05, 0) is 24.6 Å². The minimum atomic E-state index is -1.41. The molecule has 0 radical (unpaired) electrons. The SMILES string of the molecule is CC(=O)Nc1cc(C)cc(F)c1C(=O)O. The lowest BCUT2D eigenvalue weighted by Gasteiger charge is -2.08. The second-order valence-corrected chi connectivity index (χ2v) is 3.16. The van der Waals surface area contributed by atoms with Crippen LogP contribution in [-0.4, -0.2) is 17.0 Å². The van der Waals surface area contributed by atoms with Crippen molar-refractivity contribution in [2.45, 2.75) is 13.8 Å².